The molecule has 0 aliphatic heterocycles. The molecule has 0 saturated carbocycles. The molecular weight excluding hydrogens is 308 g/mol. The quantitative estimate of drug-likeness (QED) is 0.720. The molecule has 6 heteroatoms. The van der Waals surface area contributed by atoms with Crippen LogP contribution in [0.4, 0.5) is 4.79 Å². The Hall–Kier alpha value is -2.34. The number of nitrogens with two attached hydrogens (primary N) is 1. The molecule has 0 spiro atoms. The van der Waals surface area contributed by atoms with Gasteiger partial charge in [0.1, 0.15) is 5.60 Å². The monoisotopic (exact) mass is 332 g/mol. The molecule has 1 aliphatic rings. The molecule has 1 amide bonds. The zero-order valence-electron chi connectivity index (χ0n) is 14.3. The lowest BCUT2D eigenvalue weighted by atomic mass is 9.80. The number of amides is 1. The fraction of sp³-hybridized carbons (Fsp3) is 0.444. The summed E-state index contributed by atoms with van der Waals surface area (Å²) < 4.78 is 5.22. The normalized spacial score (nSPS) is 16.4. The van der Waals surface area contributed by atoms with E-state index < -0.39 is 17.7 Å². The van der Waals surface area contributed by atoms with E-state index in [0.717, 1.165) is 17.5 Å². The molecule has 0 aromatic heterocycles. The van der Waals surface area contributed by atoms with Crippen molar-refractivity contribution < 1.29 is 19.4 Å². The Morgan fingerprint density at radius 2 is 2.04 bits per heavy atom. The van der Waals surface area contributed by atoms with Crippen LogP contribution >= 0.6 is 0 Å². The summed E-state index contributed by atoms with van der Waals surface area (Å²) in [6.45, 7) is 5.72. The van der Waals surface area contributed by atoms with Crippen LogP contribution in [0, 0.1) is 0 Å². The van der Waals surface area contributed by atoms with E-state index >= 15 is 0 Å². The average Bonchev–Trinajstić information content (AvgIpc) is 2.41. The van der Waals surface area contributed by atoms with Crippen molar-refractivity contribution >= 4 is 12.1 Å². The molecule has 0 heterocycles. The number of carbonyl (C=O) groups is 2. The molecule has 2 rings (SSSR count). The summed E-state index contributed by atoms with van der Waals surface area (Å²) in [5.41, 5.74) is 7.77. The van der Waals surface area contributed by atoms with Gasteiger partial charge in [0.15, 0.2) is 0 Å². The van der Waals surface area contributed by atoms with Gasteiger partial charge in [-0.1, -0.05) is 18.2 Å². The van der Waals surface area contributed by atoms with Gasteiger partial charge in [-0.25, -0.2) is 9.59 Å². The van der Waals surface area contributed by atoms with E-state index in [4.69, 9.17) is 10.5 Å². The molecule has 1 aliphatic carbocycles. The molecule has 6 nitrogen and oxygen atoms in total. The first-order chi connectivity index (χ1) is 11.2. The van der Waals surface area contributed by atoms with Gasteiger partial charge in [0, 0.05) is 19.0 Å². The number of allylic oxidation sites excluding steroid dienone is 2. The van der Waals surface area contributed by atoms with Crippen LogP contribution in [0.2, 0.25) is 0 Å². The van der Waals surface area contributed by atoms with Crippen LogP contribution in [-0.4, -0.2) is 22.8 Å². The molecule has 24 heavy (non-hydrogen) atoms. The van der Waals surface area contributed by atoms with E-state index in [1.54, 1.807) is 32.9 Å². The van der Waals surface area contributed by atoms with Gasteiger partial charge in [-0.2, -0.15) is 0 Å². The van der Waals surface area contributed by atoms with Gasteiger partial charge in [0.25, 0.3) is 0 Å². The first-order valence-electron chi connectivity index (χ1n) is 7.94. The third-order valence-electron chi connectivity index (χ3n) is 3.84. The molecule has 0 radical (unpaired) electrons. The fourth-order valence-electron chi connectivity index (χ4n) is 2.70. The number of aromatic carboxylic acids is 1. The number of benzene rings is 1. The zero-order chi connectivity index (χ0) is 17.9. The van der Waals surface area contributed by atoms with Crippen LogP contribution in [0.5, 0.6) is 0 Å². The van der Waals surface area contributed by atoms with E-state index in [9.17, 15) is 14.7 Å². The van der Waals surface area contributed by atoms with Crippen molar-refractivity contribution in [3.05, 3.63) is 46.5 Å². The van der Waals surface area contributed by atoms with Gasteiger partial charge in [-0.05, 0) is 49.9 Å². The number of carboxylic acid groups (broad SMARTS) is 1. The van der Waals surface area contributed by atoms with Crippen molar-refractivity contribution in [3.8, 4) is 0 Å². The summed E-state index contributed by atoms with van der Waals surface area (Å²) in [5.74, 6) is -0.887. The Bertz CT molecular complexity index is 674. The second kappa shape index (κ2) is 7.05. The lowest BCUT2D eigenvalue weighted by Gasteiger charge is -2.26. The van der Waals surface area contributed by atoms with Gasteiger partial charge >= 0.3 is 12.1 Å². The van der Waals surface area contributed by atoms with Crippen LogP contribution in [0.3, 0.4) is 0 Å². The van der Waals surface area contributed by atoms with Gasteiger partial charge in [0.05, 0.1) is 5.56 Å². The largest absolute Gasteiger partial charge is 0.478 e. The smallest absolute Gasteiger partial charge is 0.407 e. The van der Waals surface area contributed by atoms with Crippen molar-refractivity contribution in [3.63, 3.8) is 0 Å². The number of hydrogen-bond donors (Lipinski definition) is 3. The number of hydrogen-bond acceptors (Lipinski definition) is 4. The number of rotatable bonds is 5. The van der Waals surface area contributed by atoms with E-state index in [2.05, 4.69) is 5.32 Å². The molecule has 0 fully saturated rings. The Kier molecular flexibility index (Phi) is 5.29. The van der Waals surface area contributed by atoms with E-state index in [1.807, 2.05) is 12.2 Å². The number of carboxylic acids is 1. The molecule has 0 saturated heterocycles. The lowest BCUT2D eigenvalue weighted by Crippen LogP contribution is -2.33. The minimum atomic E-state index is -1.02. The average molecular weight is 332 g/mol. The maximum absolute atomic E-state index is 11.9. The van der Waals surface area contributed by atoms with Crippen molar-refractivity contribution in [1.82, 2.24) is 5.32 Å². The van der Waals surface area contributed by atoms with Crippen molar-refractivity contribution in [1.29, 1.82) is 0 Å². The summed E-state index contributed by atoms with van der Waals surface area (Å²) in [7, 11) is 0. The summed E-state index contributed by atoms with van der Waals surface area (Å²) in [5, 5.41) is 12.1. The Labute approximate surface area is 141 Å². The highest BCUT2D eigenvalue weighted by molar-refractivity contribution is 5.90. The summed E-state index contributed by atoms with van der Waals surface area (Å²) in [4.78, 5) is 23.5. The lowest BCUT2D eigenvalue weighted by molar-refractivity contribution is 0.0520. The van der Waals surface area contributed by atoms with Crippen LogP contribution in [0.25, 0.3) is 0 Å². The van der Waals surface area contributed by atoms with E-state index in [1.165, 1.54) is 0 Å². The zero-order valence-corrected chi connectivity index (χ0v) is 14.3. The predicted octanol–water partition coefficient (Wildman–Crippen LogP) is 2.91. The van der Waals surface area contributed by atoms with Gasteiger partial charge in [-0.15, -0.1) is 0 Å². The first kappa shape index (κ1) is 18.0. The van der Waals surface area contributed by atoms with Gasteiger partial charge in [-0.3, -0.25) is 0 Å². The van der Waals surface area contributed by atoms with Crippen LogP contribution in [-0.2, 0) is 17.8 Å². The predicted molar refractivity (Wildman–Crippen MR) is 90.9 cm³/mol. The topological polar surface area (TPSA) is 102 Å². The van der Waals surface area contributed by atoms with Crippen LogP contribution in [0.1, 0.15) is 60.2 Å². The molecule has 130 valence electrons. The molecule has 1 aromatic carbocycles. The van der Waals surface area contributed by atoms with Crippen LogP contribution < -0.4 is 11.1 Å². The summed E-state index contributed by atoms with van der Waals surface area (Å²) >= 11 is 0. The molecular formula is C18H24N2O4. The number of alkyl carbamates (subject to hydrolysis) is 1. The number of ether oxygens (including phenoxy) is 1. The molecule has 4 N–H and O–H groups in total. The second-order valence-electron chi connectivity index (χ2n) is 6.80. The molecule has 0 bridgehead atoms. The van der Waals surface area contributed by atoms with Crippen molar-refractivity contribution in [2.45, 2.75) is 51.8 Å². The maximum Gasteiger partial charge on any atom is 0.407 e. The highest BCUT2D eigenvalue weighted by Gasteiger charge is 2.25. The number of carbonyl (C=O) groups excluding carboxylic acids is 1. The van der Waals surface area contributed by atoms with Crippen molar-refractivity contribution in [2.75, 3.05) is 0 Å². The minimum Gasteiger partial charge on any atom is -0.478 e. The Balaban J connectivity index is 2.33. The molecule has 1 aromatic rings. The van der Waals surface area contributed by atoms with Crippen LogP contribution in [0.15, 0.2) is 24.3 Å². The first-order valence-corrected chi connectivity index (χ1v) is 7.94. The minimum absolute atomic E-state index is 0.0874. The Morgan fingerprint density at radius 3 is 2.50 bits per heavy atom. The summed E-state index contributed by atoms with van der Waals surface area (Å²) in [6, 6.07) is 3.30. The third kappa shape index (κ3) is 4.14. The van der Waals surface area contributed by atoms with Gasteiger partial charge < -0.3 is 20.9 Å². The summed E-state index contributed by atoms with van der Waals surface area (Å²) in [6.07, 6.45) is 4.32. The SMILES string of the molecule is CC(C)(C)OC(=O)NCc1c(C(=O)O)ccc(CN)c1C1C=CC1. The highest BCUT2D eigenvalue weighted by atomic mass is 16.6. The third-order valence-corrected chi connectivity index (χ3v) is 3.84. The molecule has 1 atom stereocenters. The maximum atomic E-state index is 11.9. The van der Waals surface area contributed by atoms with E-state index in [-0.39, 0.29) is 18.0 Å². The highest BCUT2D eigenvalue weighted by Crippen LogP contribution is 2.35. The fourth-order valence-corrected chi connectivity index (χ4v) is 2.70. The van der Waals surface area contributed by atoms with Crippen molar-refractivity contribution in [2.24, 2.45) is 5.73 Å². The van der Waals surface area contributed by atoms with Gasteiger partial charge in [0.2, 0.25) is 0 Å². The molecule has 1 unspecified atom stereocenters. The standard InChI is InChI=1S/C18H24N2O4/c1-18(2,3)24-17(23)20-10-14-13(16(21)22)8-7-12(9-19)15(14)11-5-4-6-11/h4-5,7-8,11H,6,9-10,19H2,1-3H3,(H,20,23)(H,21,22). The Morgan fingerprint density at radius 1 is 1.38 bits per heavy atom. The number of nitrogens with one attached hydrogen (secondary N) is 1. The second-order valence-corrected chi connectivity index (χ2v) is 6.80. The van der Waals surface area contributed by atoms with E-state index in [0.29, 0.717) is 12.1 Å².